The molecule has 1 unspecified atom stereocenters. The minimum atomic E-state index is -0.565. The molecule has 5 nitrogen and oxygen atoms in total. The molecule has 1 rings (SSSR count). The van der Waals surface area contributed by atoms with Crippen LogP contribution in [-0.4, -0.2) is 35.4 Å². The third-order valence-electron chi connectivity index (χ3n) is 2.41. The third-order valence-corrected chi connectivity index (χ3v) is 2.41. The van der Waals surface area contributed by atoms with Gasteiger partial charge in [0.15, 0.2) is 0 Å². The number of carbonyl (C=O) groups is 1. The molecule has 0 aliphatic carbocycles. The minimum Gasteiger partial charge on any atom is -0.464 e. The van der Waals surface area contributed by atoms with Crippen molar-refractivity contribution >= 4 is 6.09 Å². The number of likely N-dealkylation sites (N-methyl/N-ethyl adjacent to an activating group) is 1. The minimum absolute atomic E-state index is 0.220. The van der Waals surface area contributed by atoms with Gasteiger partial charge in [0.1, 0.15) is 23.2 Å². The maximum Gasteiger partial charge on any atom is 0.410 e. The average molecular weight is 255 g/mol. The van der Waals surface area contributed by atoms with Gasteiger partial charge in [-0.1, -0.05) is 0 Å². The molecule has 0 spiro atoms. The summed E-state index contributed by atoms with van der Waals surface area (Å²) in [5.74, 6) is 1.28. The van der Waals surface area contributed by atoms with E-state index in [9.17, 15) is 9.90 Å². The number of aryl methyl sites for hydroxylation is 1. The first kappa shape index (κ1) is 14.6. The predicted octanol–water partition coefficient (Wildman–Crippen LogP) is 2.49. The summed E-state index contributed by atoms with van der Waals surface area (Å²) < 4.78 is 10.7. The van der Waals surface area contributed by atoms with Crippen LogP contribution in [0.2, 0.25) is 0 Å². The monoisotopic (exact) mass is 255 g/mol. The molecule has 1 N–H and O–H groups in total. The Morgan fingerprint density at radius 1 is 1.50 bits per heavy atom. The van der Waals surface area contributed by atoms with Crippen LogP contribution in [0.5, 0.6) is 0 Å². The van der Waals surface area contributed by atoms with Gasteiger partial charge in [-0.3, -0.25) is 4.90 Å². The number of furan rings is 1. The molecule has 0 aliphatic heterocycles. The highest BCUT2D eigenvalue weighted by Gasteiger charge is 2.27. The Kier molecular flexibility index (Phi) is 4.40. The van der Waals surface area contributed by atoms with Gasteiger partial charge < -0.3 is 14.3 Å². The van der Waals surface area contributed by atoms with E-state index in [4.69, 9.17) is 9.15 Å². The molecular weight excluding hydrogens is 234 g/mol. The maximum atomic E-state index is 11.9. The molecule has 0 fully saturated rings. The van der Waals surface area contributed by atoms with E-state index in [1.807, 2.05) is 6.92 Å². The van der Waals surface area contributed by atoms with Gasteiger partial charge in [-0.25, -0.2) is 4.79 Å². The highest BCUT2D eigenvalue weighted by atomic mass is 16.6. The Hall–Kier alpha value is -1.49. The zero-order valence-electron chi connectivity index (χ0n) is 11.6. The van der Waals surface area contributed by atoms with Gasteiger partial charge in [-0.2, -0.15) is 0 Å². The van der Waals surface area contributed by atoms with Gasteiger partial charge >= 0.3 is 6.09 Å². The predicted molar refractivity (Wildman–Crippen MR) is 67.3 cm³/mol. The van der Waals surface area contributed by atoms with Crippen molar-refractivity contribution in [3.63, 3.8) is 0 Å². The van der Waals surface area contributed by atoms with Crippen molar-refractivity contribution in [2.24, 2.45) is 0 Å². The summed E-state index contributed by atoms with van der Waals surface area (Å²) in [6.07, 6.45) is -0.490. The van der Waals surface area contributed by atoms with E-state index in [1.54, 1.807) is 40.0 Å². The molecule has 1 heterocycles. The van der Waals surface area contributed by atoms with Crippen LogP contribution in [0, 0.1) is 6.92 Å². The van der Waals surface area contributed by atoms with Crippen LogP contribution >= 0.6 is 0 Å². The molecule has 0 aliphatic rings. The second-order valence-electron chi connectivity index (χ2n) is 5.24. The number of hydrogen-bond acceptors (Lipinski definition) is 4. The second-order valence-corrected chi connectivity index (χ2v) is 5.24. The first-order valence-corrected chi connectivity index (χ1v) is 5.87. The molecule has 0 radical (unpaired) electrons. The summed E-state index contributed by atoms with van der Waals surface area (Å²) in [5, 5.41) is 9.40. The Morgan fingerprint density at radius 2 is 2.11 bits per heavy atom. The molecule has 0 saturated carbocycles. The molecule has 0 aromatic carbocycles. The van der Waals surface area contributed by atoms with Crippen molar-refractivity contribution in [2.75, 3.05) is 13.7 Å². The van der Waals surface area contributed by atoms with Crippen LogP contribution in [0.25, 0.3) is 0 Å². The smallest absolute Gasteiger partial charge is 0.410 e. The fourth-order valence-corrected chi connectivity index (χ4v) is 1.50. The summed E-state index contributed by atoms with van der Waals surface area (Å²) >= 11 is 0. The highest BCUT2D eigenvalue weighted by molar-refractivity contribution is 5.68. The van der Waals surface area contributed by atoms with Crippen LogP contribution in [0.3, 0.4) is 0 Å². The molecule has 1 aromatic rings. The molecule has 1 atom stereocenters. The zero-order valence-corrected chi connectivity index (χ0v) is 11.6. The molecule has 5 heteroatoms. The van der Waals surface area contributed by atoms with Gasteiger partial charge in [-0.05, 0) is 39.8 Å². The first-order valence-electron chi connectivity index (χ1n) is 5.87. The summed E-state index contributed by atoms with van der Waals surface area (Å²) in [7, 11) is 1.58. The molecule has 0 saturated heterocycles. The van der Waals surface area contributed by atoms with E-state index >= 15 is 0 Å². The Morgan fingerprint density at radius 3 is 2.50 bits per heavy atom. The molecule has 1 amide bonds. The Labute approximate surface area is 107 Å². The van der Waals surface area contributed by atoms with Gasteiger partial charge in [0, 0.05) is 7.05 Å². The van der Waals surface area contributed by atoms with Crippen LogP contribution in [0.1, 0.15) is 38.3 Å². The average Bonchev–Trinajstić information content (AvgIpc) is 2.63. The van der Waals surface area contributed by atoms with Gasteiger partial charge in [0.2, 0.25) is 0 Å². The fourth-order valence-electron chi connectivity index (χ4n) is 1.50. The quantitative estimate of drug-likeness (QED) is 0.901. The van der Waals surface area contributed by atoms with Crippen molar-refractivity contribution in [3.05, 3.63) is 23.7 Å². The fraction of sp³-hybridized carbons (Fsp3) is 0.615. The number of nitrogens with zero attached hydrogens (tertiary/aromatic N) is 1. The Balaban J connectivity index is 2.80. The number of carbonyl (C=O) groups excluding carboxylic acids is 1. The van der Waals surface area contributed by atoms with E-state index in [1.165, 1.54) is 4.90 Å². The van der Waals surface area contributed by atoms with Crippen LogP contribution in [0.15, 0.2) is 16.5 Å². The van der Waals surface area contributed by atoms with Crippen LogP contribution < -0.4 is 0 Å². The second kappa shape index (κ2) is 5.44. The van der Waals surface area contributed by atoms with Crippen molar-refractivity contribution in [3.8, 4) is 0 Å². The third kappa shape index (κ3) is 3.77. The SMILES string of the molecule is Cc1ccc(C(CO)N(C)C(=O)OC(C)(C)C)o1. The normalized spacial score (nSPS) is 13.2. The van der Waals surface area contributed by atoms with E-state index in [0.717, 1.165) is 5.76 Å². The van der Waals surface area contributed by atoms with Crippen molar-refractivity contribution in [2.45, 2.75) is 39.3 Å². The lowest BCUT2D eigenvalue weighted by Gasteiger charge is -2.28. The number of rotatable bonds is 3. The largest absolute Gasteiger partial charge is 0.464 e. The summed E-state index contributed by atoms with van der Waals surface area (Å²) in [5.41, 5.74) is -0.565. The lowest BCUT2D eigenvalue weighted by atomic mass is 10.2. The Bertz CT molecular complexity index is 405. The molecular formula is C13H21NO4. The molecule has 102 valence electrons. The highest BCUT2D eigenvalue weighted by Crippen LogP contribution is 2.23. The molecule has 18 heavy (non-hydrogen) atoms. The summed E-state index contributed by atoms with van der Waals surface area (Å²) in [6, 6.07) is 3.01. The van der Waals surface area contributed by atoms with E-state index in [-0.39, 0.29) is 6.61 Å². The maximum absolute atomic E-state index is 11.9. The van der Waals surface area contributed by atoms with E-state index < -0.39 is 17.7 Å². The van der Waals surface area contributed by atoms with Gasteiger partial charge in [0.05, 0.1) is 6.61 Å². The van der Waals surface area contributed by atoms with Crippen molar-refractivity contribution < 1.29 is 19.1 Å². The van der Waals surface area contributed by atoms with E-state index in [2.05, 4.69) is 0 Å². The number of amides is 1. The summed E-state index contributed by atoms with van der Waals surface area (Å²) in [4.78, 5) is 13.2. The van der Waals surface area contributed by atoms with Crippen molar-refractivity contribution in [1.29, 1.82) is 0 Å². The lowest BCUT2D eigenvalue weighted by molar-refractivity contribution is 0.0132. The van der Waals surface area contributed by atoms with Crippen molar-refractivity contribution in [1.82, 2.24) is 4.90 Å². The standard InChI is InChI=1S/C13H21NO4/c1-9-6-7-11(17-9)10(8-15)14(5)12(16)18-13(2,3)4/h6-7,10,15H,8H2,1-5H3. The summed E-state index contributed by atoms with van der Waals surface area (Å²) in [6.45, 7) is 6.98. The number of ether oxygens (including phenoxy) is 1. The molecule has 1 aromatic heterocycles. The number of aliphatic hydroxyl groups excluding tert-OH is 1. The first-order chi connectivity index (χ1) is 8.24. The van der Waals surface area contributed by atoms with Gasteiger partial charge in [0.25, 0.3) is 0 Å². The van der Waals surface area contributed by atoms with Crippen LogP contribution in [0.4, 0.5) is 4.79 Å². The van der Waals surface area contributed by atoms with E-state index in [0.29, 0.717) is 5.76 Å². The van der Waals surface area contributed by atoms with Crippen LogP contribution in [-0.2, 0) is 4.74 Å². The zero-order chi connectivity index (χ0) is 13.9. The topological polar surface area (TPSA) is 62.9 Å². The number of aliphatic hydroxyl groups is 1. The number of hydrogen-bond donors (Lipinski definition) is 1. The molecule has 0 bridgehead atoms. The van der Waals surface area contributed by atoms with Gasteiger partial charge in [-0.15, -0.1) is 0 Å². The lowest BCUT2D eigenvalue weighted by Crippen LogP contribution is -2.37.